The minimum absolute atomic E-state index is 0. The molecule has 5 radical (unpaired) electrons. The van der Waals surface area contributed by atoms with E-state index in [0.29, 0.717) is 0 Å². The van der Waals surface area contributed by atoms with Crippen LogP contribution >= 0.6 is 12.4 Å². The minimum atomic E-state index is 0. The molecule has 0 aliphatic heterocycles. The SMILES string of the molecule is C[Si](C)C.Cl.[Sn]. The van der Waals surface area contributed by atoms with Crippen LogP contribution in [0.15, 0.2) is 0 Å². The zero-order chi connectivity index (χ0) is 3.58. The van der Waals surface area contributed by atoms with Crippen molar-refractivity contribution in [3.05, 3.63) is 0 Å². The Bertz CT molecular complexity index is 15.5. The molecule has 6 heavy (non-hydrogen) atoms. The molecule has 0 rings (SSSR count). The van der Waals surface area contributed by atoms with E-state index in [1.165, 1.54) is 0 Å². The molecule has 0 aromatic rings. The van der Waals surface area contributed by atoms with Gasteiger partial charge in [-0.05, 0) is 0 Å². The van der Waals surface area contributed by atoms with Crippen molar-refractivity contribution in [1.82, 2.24) is 0 Å². The summed E-state index contributed by atoms with van der Waals surface area (Å²) >= 11 is 0. The molecule has 0 fully saturated rings. The fraction of sp³-hybridized carbons (Fsp3) is 1.00. The van der Waals surface area contributed by atoms with Crippen molar-refractivity contribution in [2.24, 2.45) is 0 Å². The fourth-order valence-corrected chi connectivity index (χ4v) is 0. The van der Waals surface area contributed by atoms with Gasteiger partial charge in [0.15, 0.2) is 0 Å². The molecule has 0 heterocycles. The number of hydrogen-bond acceptors (Lipinski definition) is 0. The summed E-state index contributed by atoms with van der Waals surface area (Å²) in [6.45, 7) is 6.81. The van der Waals surface area contributed by atoms with E-state index in [0.717, 1.165) is 0 Å². The number of halogens is 1. The van der Waals surface area contributed by atoms with Gasteiger partial charge in [-0.2, -0.15) is 0 Å². The van der Waals surface area contributed by atoms with Crippen LogP contribution in [-0.2, 0) is 0 Å². The van der Waals surface area contributed by atoms with Gasteiger partial charge in [0.05, 0.1) is 0 Å². The molecule has 0 saturated carbocycles. The first-order valence-electron chi connectivity index (χ1n) is 1.50. The second-order valence-electron chi connectivity index (χ2n) is 1.50. The van der Waals surface area contributed by atoms with Gasteiger partial charge in [-0.1, -0.05) is 19.6 Å². The standard InChI is InChI=1S/C3H9Si.ClH.Sn/c1-4(2)3;;/h1-3H3;1H;. The molecule has 0 aromatic carbocycles. The van der Waals surface area contributed by atoms with Crippen LogP contribution < -0.4 is 0 Å². The molecule has 0 amide bonds. The minimum Gasteiger partial charge on any atom is -0.147 e. The van der Waals surface area contributed by atoms with Crippen LogP contribution in [0.5, 0.6) is 0 Å². The number of hydrogen-bond donors (Lipinski definition) is 0. The first-order chi connectivity index (χ1) is 1.73. The fourth-order valence-electron chi connectivity index (χ4n) is 0. The number of rotatable bonds is 0. The zero-order valence-electron chi connectivity index (χ0n) is 4.41. The maximum Gasteiger partial charge on any atom is 0.0379 e. The van der Waals surface area contributed by atoms with Crippen LogP contribution in [0.4, 0.5) is 0 Å². The van der Waals surface area contributed by atoms with Gasteiger partial charge in [0.2, 0.25) is 0 Å². The normalized spacial score (nSPS) is 6.00. The van der Waals surface area contributed by atoms with Crippen LogP contribution in [0.1, 0.15) is 0 Å². The van der Waals surface area contributed by atoms with Gasteiger partial charge >= 0.3 is 0 Å². The molecule has 0 aliphatic carbocycles. The molecule has 0 aliphatic rings. The van der Waals surface area contributed by atoms with Crippen molar-refractivity contribution in [3.63, 3.8) is 0 Å². The summed E-state index contributed by atoms with van der Waals surface area (Å²) < 4.78 is 0. The molecule has 0 aromatic heterocycles. The van der Waals surface area contributed by atoms with Crippen LogP contribution in [0.3, 0.4) is 0 Å². The molecule has 3 heteroatoms. The van der Waals surface area contributed by atoms with Crippen molar-refractivity contribution < 1.29 is 0 Å². The first kappa shape index (κ1) is 15.7. The van der Waals surface area contributed by atoms with Gasteiger partial charge in [0.25, 0.3) is 0 Å². The molecule has 0 saturated heterocycles. The second-order valence-corrected chi connectivity index (χ2v) is 4.50. The molecule has 0 spiro atoms. The van der Waals surface area contributed by atoms with E-state index in [2.05, 4.69) is 19.6 Å². The van der Waals surface area contributed by atoms with Crippen molar-refractivity contribution in [1.29, 1.82) is 0 Å². The van der Waals surface area contributed by atoms with Gasteiger partial charge in [0, 0.05) is 32.7 Å². The molecule has 0 N–H and O–H groups in total. The van der Waals surface area contributed by atoms with E-state index >= 15 is 0 Å². The van der Waals surface area contributed by atoms with E-state index in [9.17, 15) is 0 Å². The molecular formula is C3H10ClSiSn. The maximum atomic E-state index is 2.27. The van der Waals surface area contributed by atoms with Gasteiger partial charge in [-0.3, -0.25) is 0 Å². The summed E-state index contributed by atoms with van der Waals surface area (Å²) in [5, 5.41) is 0. The van der Waals surface area contributed by atoms with E-state index < -0.39 is 0 Å². The van der Waals surface area contributed by atoms with Gasteiger partial charge in [-0.25, -0.2) is 0 Å². The predicted molar refractivity (Wildman–Crippen MR) is 36.3 cm³/mol. The van der Waals surface area contributed by atoms with Crippen LogP contribution in [0.2, 0.25) is 19.6 Å². The van der Waals surface area contributed by atoms with Crippen LogP contribution in [0, 0.1) is 0 Å². The van der Waals surface area contributed by atoms with E-state index in [1.807, 2.05) is 0 Å². The van der Waals surface area contributed by atoms with Crippen molar-refractivity contribution in [3.8, 4) is 0 Å². The van der Waals surface area contributed by atoms with Gasteiger partial charge < -0.3 is 0 Å². The largest absolute Gasteiger partial charge is 0.147 e. The third-order valence-corrected chi connectivity index (χ3v) is 0. The summed E-state index contributed by atoms with van der Waals surface area (Å²) in [6, 6.07) is 0. The Labute approximate surface area is 64.7 Å². The third-order valence-electron chi connectivity index (χ3n) is 0. The van der Waals surface area contributed by atoms with Crippen molar-refractivity contribution >= 4 is 45.1 Å². The Morgan fingerprint density at radius 2 is 1.00 bits per heavy atom. The second kappa shape index (κ2) is 9.57. The molecule has 0 atom stereocenters. The van der Waals surface area contributed by atoms with E-state index in [1.54, 1.807) is 0 Å². The molecule has 0 bridgehead atoms. The Hall–Kier alpha value is 1.31. The zero-order valence-corrected chi connectivity index (χ0v) is 9.08. The summed E-state index contributed by atoms with van der Waals surface area (Å²) in [7, 11) is 0.120. The molecule has 0 unspecified atom stereocenters. The maximum absolute atomic E-state index is 2.27. The third kappa shape index (κ3) is 57.7. The Morgan fingerprint density at radius 1 is 1.00 bits per heavy atom. The summed E-state index contributed by atoms with van der Waals surface area (Å²) in [4.78, 5) is 0. The smallest absolute Gasteiger partial charge is 0.0379 e. The average Bonchev–Trinajstić information content (AvgIpc) is 0.811. The topological polar surface area (TPSA) is 0 Å². The first-order valence-corrected chi connectivity index (χ1v) is 4.50. The molecule has 0 nitrogen and oxygen atoms in total. The van der Waals surface area contributed by atoms with Gasteiger partial charge in [-0.15, -0.1) is 12.4 Å². The van der Waals surface area contributed by atoms with Crippen molar-refractivity contribution in [2.45, 2.75) is 19.6 Å². The monoisotopic (exact) mass is 229 g/mol. The van der Waals surface area contributed by atoms with Gasteiger partial charge in [0.1, 0.15) is 0 Å². The Morgan fingerprint density at radius 3 is 1.00 bits per heavy atom. The Balaban J connectivity index is -0.0000000450. The summed E-state index contributed by atoms with van der Waals surface area (Å²) in [5.74, 6) is 0. The van der Waals surface area contributed by atoms with E-state index in [-0.39, 0.29) is 45.1 Å². The molecule has 37 valence electrons. The van der Waals surface area contributed by atoms with E-state index in [4.69, 9.17) is 0 Å². The van der Waals surface area contributed by atoms with Crippen LogP contribution in [0.25, 0.3) is 0 Å². The quantitative estimate of drug-likeness (QED) is 0.550. The predicted octanol–water partition coefficient (Wildman–Crippen LogP) is 1.41. The average molecular weight is 228 g/mol. The molecular weight excluding hydrogens is 218 g/mol. The Kier molecular flexibility index (Phi) is 25.0. The van der Waals surface area contributed by atoms with Crippen molar-refractivity contribution in [2.75, 3.05) is 0 Å². The van der Waals surface area contributed by atoms with Crippen LogP contribution in [-0.4, -0.2) is 32.7 Å². The summed E-state index contributed by atoms with van der Waals surface area (Å²) in [5.41, 5.74) is 0. The summed E-state index contributed by atoms with van der Waals surface area (Å²) in [6.07, 6.45) is 0.